The molecule has 2 N–H and O–H groups in total. The fourth-order valence-corrected chi connectivity index (χ4v) is 1.59. The van der Waals surface area contributed by atoms with Crippen LogP contribution in [-0.2, 0) is 11.2 Å². The molecular weight excluding hydrogens is 182 g/mol. The van der Waals surface area contributed by atoms with Crippen LogP contribution in [0.15, 0.2) is 18.5 Å². The minimum atomic E-state index is -0.132. The number of aromatic nitrogens is 2. The Morgan fingerprint density at radius 1 is 1.43 bits per heavy atom. The number of hydrogen-bond acceptors (Lipinski definition) is 3. The van der Waals surface area contributed by atoms with Gasteiger partial charge in [-0.2, -0.15) is 5.48 Å². The van der Waals surface area contributed by atoms with E-state index in [0.717, 1.165) is 16.6 Å². The van der Waals surface area contributed by atoms with E-state index < -0.39 is 0 Å². The van der Waals surface area contributed by atoms with Crippen LogP contribution >= 0.6 is 0 Å². The average molecular weight is 189 g/mol. The molecule has 1 aliphatic rings. The number of carbonyl (C=O) groups is 1. The molecule has 70 valence electrons. The average Bonchev–Trinajstić information content (AvgIpc) is 2.65. The van der Waals surface area contributed by atoms with E-state index in [9.17, 15) is 4.79 Å². The van der Waals surface area contributed by atoms with Crippen LogP contribution in [0.25, 0.3) is 11.0 Å². The molecule has 14 heavy (non-hydrogen) atoms. The molecule has 0 radical (unpaired) electrons. The number of aromatic amines is 1. The SMILES string of the molecule is O=C1Cc2ccc3[nH]cnc3c2ON1. The highest BCUT2D eigenvalue weighted by Gasteiger charge is 2.19. The van der Waals surface area contributed by atoms with Crippen LogP contribution in [0.1, 0.15) is 5.56 Å². The molecule has 0 aliphatic carbocycles. The molecule has 0 spiro atoms. The van der Waals surface area contributed by atoms with Gasteiger partial charge in [-0.25, -0.2) is 4.98 Å². The van der Waals surface area contributed by atoms with Gasteiger partial charge in [0.2, 0.25) is 0 Å². The quantitative estimate of drug-likeness (QED) is 0.635. The topological polar surface area (TPSA) is 67.0 Å². The number of benzene rings is 1. The summed E-state index contributed by atoms with van der Waals surface area (Å²) in [6.45, 7) is 0. The van der Waals surface area contributed by atoms with Gasteiger partial charge in [-0.05, 0) is 6.07 Å². The van der Waals surface area contributed by atoms with Gasteiger partial charge in [0.25, 0.3) is 5.91 Å². The number of nitrogens with one attached hydrogen (secondary N) is 2. The van der Waals surface area contributed by atoms with Crippen molar-refractivity contribution < 1.29 is 9.63 Å². The molecule has 0 atom stereocenters. The second kappa shape index (κ2) is 2.47. The van der Waals surface area contributed by atoms with Crippen LogP contribution in [0.3, 0.4) is 0 Å². The highest BCUT2D eigenvalue weighted by molar-refractivity contribution is 5.88. The Morgan fingerprint density at radius 3 is 3.29 bits per heavy atom. The number of imidazole rings is 1. The lowest BCUT2D eigenvalue weighted by atomic mass is 10.1. The van der Waals surface area contributed by atoms with Crippen LogP contribution in [0, 0.1) is 0 Å². The molecule has 5 heteroatoms. The van der Waals surface area contributed by atoms with Crippen molar-refractivity contribution in [3.05, 3.63) is 24.0 Å². The Balaban J connectivity index is 2.29. The van der Waals surface area contributed by atoms with Gasteiger partial charge in [0, 0.05) is 5.56 Å². The van der Waals surface area contributed by atoms with E-state index in [-0.39, 0.29) is 5.91 Å². The van der Waals surface area contributed by atoms with Crippen LogP contribution in [0.4, 0.5) is 0 Å². The van der Waals surface area contributed by atoms with Crippen molar-refractivity contribution in [2.24, 2.45) is 0 Å². The fraction of sp³-hybridized carbons (Fsp3) is 0.111. The van der Waals surface area contributed by atoms with Gasteiger partial charge in [-0.3, -0.25) is 4.79 Å². The third-order valence-electron chi connectivity index (χ3n) is 2.24. The van der Waals surface area contributed by atoms with Crippen molar-refractivity contribution in [1.82, 2.24) is 15.4 Å². The smallest absolute Gasteiger partial charge is 0.257 e. The van der Waals surface area contributed by atoms with Crippen LogP contribution in [0.2, 0.25) is 0 Å². The molecule has 0 bridgehead atoms. The van der Waals surface area contributed by atoms with E-state index in [0.29, 0.717) is 12.2 Å². The van der Waals surface area contributed by atoms with Gasteiger partial charge in [-0.15, -0.1) is 0 Å². The van der Waals surface area contributed by atoms with Gasteiger partial charge >= 0.3 is 0 Å². The molecule has 3 rings (SSSR count). The lowest BCUT2D eigenvalue weighted by molar-refractivity contribution is -0.128. The van der Waals surface area contributed by atoms with Gasteiger partial charge in [0.05, 0.1) is 18.3 Å². The summed E-state index contributed by atoms with van der Waals surface area (Å²) in [6.07, 6.45) is 1.95. The zero-order chi connectivity index (χ0) is 9.54. The minimum Gasteiger partial charge on any atom is -0.377 e. The first-order valence-corrected chi connectivity index (χ1v) is 4.25. The summed E-state index contributed by atoms with van der Waals surface area (Å²) in [5.41, 5.74) is 4.85. The van der Waals surface area contributed by atoms with E-state index in [1.165, 1.54) is 0 Å². The molecule has 2 heterocycles. The summed E-state index contributed by atoms with van der Waals surface area (Å²) in [5.74, 6) is 0.510. The normalized spacial score (nSPS) is 14.7. The molecule has 5 nitrogen and oxygen atoms in total. The maximum Gasteiger partial charge on any atom is 0.257 e. The summed E-state index contributed by atoms with van der Waals surface area (Å²) in [7, 11) is 0. The molecule has 1 aromatic heterocycles. The van der Waals surface area contributed by atoms with Crippen molar-refractivity contribution in [3.8, 4) is 5.75 Å². The Morgan fingerprint density at radius 2 is 2.36 bits per heavy atom. The number of rotatable bonds is 0. The zero-order valence-corrected chi connectivity index (χ0v) is 7.20. The Hall–Kier alpha value is -2.04. The predicted octanol–water partition coefficient (Wildman–Crippen LogP) is 0.529. The Labute approximate surface area is 79.0 Å². The fourth-order valence-electron chi connectivity index (χ4n) is 1.59. The molecule has 1 aliphatic heterocycles. The van der Waals surface area contributed by atoms with Crippen molar-refractivity contribution >= 4 is 16.9 Å². The van der Waals surface area contributed by atoms with E-state index in [1.807, 2.05) is 12.1 Å². The highest BCUT2D eigenvalue weighted by Crippen LogP contribution is 2.29. The molecule has 0 saturated heterocycles. The maximum atomic E-state index is 11.0. The van der Waals surface area contributed by atoms with Crippen LogP contribution in [0.5, 0.6) is 5.75 Å². The zero-order valence-electron chi connectivity index (χ0n) is 7.20. The third kappa shape index (κ3) is 0.891. The first-order chi connectivity index (χ1) is 6.84. The van der Waals surface area contributed by atoms with E-state index in [1.54, 1.807) is 6.33 Å². The van der Waals surface area contributed by atoms with Crippen molar-refractivity contribution in [2.45, 2.75) is 6.42 Å². The summed E-state index contributed by atoms with van der Waals surface area (Å²) in [4.78, 5) is 23.3. The van der Waals surface area contributed by atoms with Gasteiger partial charge < -0.3 is 9.82 Å². The van der Waals surface area contributed by atoms with Crippen LogP contribution in [-0.4, -0.2) is 15.9 Å². The second-order valence-electron chi connectivity index (χ2n) is 3.16. The number of amides is 1. The lowest BCUT2D eigenvalue weighted by Gasteiger charge is -2.16. The molecule has 2 aromatic rings. The first-order valence-electron chi connectivity index (χ1n) is 4.25. The second-order valence-corrected chi connectivity index (χ2v) is 3.16. The van der Waals surface area contributed by atoms with E-state index >= 15 is 0 Å². The number of fused-ring (bicyclic) bond motifs is 3. The monoisotopic (exact) mass is 189 g/mol. The Kier molecular flexibility index (Phi) is 1.30. The molecular formula is C9H7N3O2. The summed E-state index contributed by atoms with van der Waals surface area (Å²) in [6, 6.07) is 3.76. The van der Waals surface area contributed by atoms with Crippen molar-refractivity contribution in [2.75, 3.05) is 0 Å². The lowest BCUT2D eigenvalue weighted by Crippen LogP contribution is -2.33. The molecule has 0 saturated carbocycles. The third-order valence-corrected chi connectivity index (χ3v) is 2.24. The standard InChI is InChI=1S/C9H7N3O2/c13-7-3-5-1-2-6-8(11-4-10-6)9(5)14-12-7/h1-2,4H,3H2,(H,10,11)(H,12,13). The van der Waals surface area contributed by atoms with Gasteiger partial charge in [0.15, 0.2) is 5.75 Å². The number of nitrogens with zero attached hydrogens (tertiary/aromatic N) is 1. The van der Waals surface area contributed by atoms with E-state index in [2.05, 4.69) is 15.4 Å². The Bertz CT molecular complexity index is 518. The van der Waals surface area contributed by atoms with Crippen molar-refractivity contribution in [3.63, 3.8) is 0 Å². The molecule has 1 aromatic carbocycles. The number of hydroxylamine groups is 1. The molecule has 1 amide bonds. The minimum absolute atomic E-state index is 0.132. The molecule has 0 unspecified atom stereocenters. The highest BCUT2D eigenvalue weighted by atomic mass is 16.7. The number of H-pyrrole nitrogens is 1. The molecule has 0 fully saturated rings. The summed E-state index contributed by atoms with van der Waals surface area (Å²) >= 11 is 0. The number of carbonyl (C=O) groups excluding carboxylic acids is 1. The maximum absolute atomic E-state index is 11.0. The summed E-state index contributed by atoms with van der Waals surface area (Å²) in [5, 5.41) is 0. The van der Waals surface area contributed by atoms with Gasteiger partial charge in [-0.1, -0.05) is 6.07 Å². The van der Waals surface area contributed by atoms with E-state index in [4.69, 9.17) is 4.84 Å². The largest absolute Gasteiger partial charge is 0.377 e. The summed E-state index contributed by atoms with van der Waals surface area (Å²) < 4.78 is 0. The first kappa shape index (κ1) is 7.37. The van der Waals surface area contributed by atoms with Gasteiger partial charge in [0.1, 0.15) is 5.52 Å². The van der Waals surface area contributed by atoms with Crippen LogP contribution < -0.4 is 10.3 Å². The predicted molar refractivity (Wildman–Crippen MR) is 48.6 cm³/mol. The van der Waals surface area contributed by atoms with Crippen molar-refractivity contribution in [1.29, 1.82) is 0 Å². The number of hydrogen-bond donors (Lipinski definition) is 2.